The van der Waals surface area contributed by atoms with E-state index in [-0.39, 0.29) is 6.04 Å². The van der Waals surface area contributed by atoms with Gasteiger partial charge < -0.3 is 10.6 Å². The summed E-state index contributed by atoms with van der Waals surface area (Å²) in [5.41, 5.74) is 12.9. The molecule has 0 atom stereocenters. The van der Waals surface area contributed by atoms with Crippen molar-refractivity contribution < 1.29 is 0 Å². The Hall–Kier alpha value is -2.84. The summed E-state index contributed by atoms with van der Waals surface area (Å²) < 4.78 is 0. The normalized spacial score (nSPS) is 15.0. The van der Waals surface area contributed by atoms with E-state index in [0.29, 0.717) is 15.6 Å². The summed E-state index contributed by atoms with van der Waals surface area (Å²) in [6.07, 6.45) is 7.75. The van der Waals surface area contributed by atoms with E-state index in [4.69, 9.17) is 28.9 Å². The Kier molecular flexibility index (Phi) is 6.81. The summed E-state index contributed by atoms with van der Waals surface area (Å²) in [6, 6.07) is 15.6. The molecule has 162 valence electrons. The van der Waals surface area contributed by atoms with Gasteiger partial charge in [0.1, 0.15) is 0 Å². The fraction of sp³-hybridized carbons (Fsp3) is 0.231. The first kappa shape index (κ1) is 22.4. The monoisotopic (exact) mass is 462 g/mol. The third-order valence-electron chi connectivity index (χ3n) is 5.79. The van der Waals surface area contributed by atoms with Crippen molar-refractivity contribution in [2.24, 2.45) is 5.73 Å². The Balaban J connectivity index is 1.85. The number of hydrogen-bond donors (Lipinski definition) is 1. The second-order valence-corrected chi connectivity index (χ2v) is 9.00. The number of piperidine rings is 1. The molecule has 1 fully saturated rings. The predicted molar refractivity (Wildman–Crippen MR) is 134 cm³/mol. The first-order chi connectivity index (χ1) is 15.4. The van der Waals surface area contributed by atoms with Crippen LogP contribution in [0.5, 0.6) is 0 Å². The highest BCUT2D eigenvalue weighted by molar-refractivity contribution is 6.35. The van der Waals surface area contributed by atoms with Gasteiger partial charge in [0, 0.05) is 52.7 Å². The van der Waals surface area contributed by atoms with Gasteiger partial charge in [0.25, 0.3) is 0 Å². The molecule has 0 saturated carbocycles. The second kappa shape index (κ2) is 9.75. The molecule has 0 aliphatic carbocycles. The zero-order chi connectivity index (χ0) is 22.7. The fourth-order valence-electron chi connectivity index (χ4n) is 4.12. The molecule has 4 rings (SSSR count). The van der Waals surface area contributed by atoms with Gasteiger partial charge in [-0.3, -0.25) is 4.98 Å². The molecule has 1 aliphatic rings. The molecule has 6 heteroatoms. The Bertz CT molecular complexity index is 1180. The minimum atomic E-state index is 0.228. The quantitative estimate of drug-likeness (QED) is 0.485. The average molecular weight is 463 g/mol. The van der Waals surface area contributed by atoms with E-state index in [9.17, 15) is 5.26 Å². The van der Waals surface area contributed by atoms with Crippen LogP contribution in [0.1, 0.15) is 36.5 Å². The maximum absolute atomic E-state index is 9.26. The zero-order valence-corrected chi connectivity index (χ0v) is 19.4. The Morgan fingerprint density at radius 2 is 1.84 bits per heavy atom. The number of pyridine rings is 1. The molecule has 1 aromatic heterocycles. The van der Waals surface area contributed by atoms with Crippen molar-refractivity contribution in [2.45, 2.75) is 25.8 Å². The van der Waals surface area contributed by atoms with Crippen molar-refractivity contribution in [3.63, 3.8) is 0 Å². The predicted octanol–water partition coefficient (Wildman–Crippen LogP) is 6.42. The molecular formula is C26H24Cl2N4. The van der Waals surface area contributed by atoms with E-state index in [1.807, 2.05) is 48.8 Å². The van der Waals surface area contributed by atoms with E-state index < -0.39 is 0 Å². The standard InChI is InChI=1S/C26H24Cl2N4/c1-17(19-4-2-3-18(10-19)14-29)9-21-15-31-16-25(20-11-22(27)13-23(28)12-20)26(21)32-7-5-24(30)6-8-32/h2-4,9-13,15-16,24H,5-8,30H2,1H3/b17-9+. The van der Waals surface area contributed by atoms with Crippen LogP contribution in [0.15, 0.2) is 54.9 Å². The highest BCUT2D eigenvalue weighted by atomic mass is 35.5. The van der Waals surface area contributed by atoms with Crippen molar-refractivity contribution in [1.29, 1.82) is 5.26 Å². The van der Waals surface area contributed by atoms with Gasteiger partial charge in [-0.2, -0.15) is 5.26 Å². The Labute approximate surface area is 198 Å². The van der Waals surface area contributed by atoms with Crippen molar-refractivity contribution in [1.82, 2.24) is 4.98 Å². The lowest BCUT2D eigenvalue weighted by atomic mass is 9.96. The second-order valence-electron chi connectivity index (χ2n) is 8.13. The van der Waals surface area contributed by atoms with Crippen LogP contribution in [0.25, 0.3) is 22.8 Å². The molecule has 1 saturated heterocycles. The highest BCUT2D eigenvalue weighted by Crippen LogP contribution is 2.38. The van der Waals surface area contributed by atoms with E-state index in [2.05, 4.69) is 29.0 Å². The summed E-state index contributed by atoms with van der Waals surface area (Å²) in [6.45, 7) is 3.79. The number of hydrogen-bond acceptors (Lipinski definition) is 4. The number of benzene rings is 2. The average Bonchev–Trinajstić information content (AvgIpc) is 2.79. The molecule has 0 spiro atoms. The van der Waals surface area contributed by atoms with E-state index in [1.165, 1.54) is 0 Å². The lowest BCUT2D eigenvalue weighted by Gasteiger charge is -2.34. The van der Waals surface area contributed by atoms with Gasteiger partial charge in [-0.25, -0.2) is 0 Å². The molecule has 2 aromatic carbocycles. The molecule has 3 aromatic rings. The minimum absolute atomic E-state index is 0.228. The zero-order valence-electron chi connectivity index (χ0n) is 17.9. The maximum atomic E-state index is 9.26. The minimum Gasteiger partial charge on any atom is -0.370 e. The first-order valence-electron chi connectivity index (χ1n) is 10.6. The van der Waals surface area contributed by atoms with Crippen LogP contribution in [0.3, 0.4) is 0 Å². The van der Waals surface area contributed by atoms with Gasteiger partial charge >= 0.3 is 0 Å². The van der Waals surface area contributed by atoms with Crippen molar-refractivity contribution in [3.8, 4) is 17.2 Å². The molecule has 0 amide bonds. The number of aromatic nitrogens is 1. The highest BCUT2D eigenvalue weighted by Gasteiger charge is 2.22. The van der Waals surface area contributed by atoms with Crippen LogP contribution in [-0.2, 0) is 0 Å². The van der Waals surface area contributed by atoms with Crippen molar-refractivity contribution in [2.75, 3.05) is 18.0 Å². The van der Waals surface area contributed by atoms with Crippen LogP contribution in [0.4, 0.5) is 5.69 Å². The lowest BCUT2D eigenvalue weighted by Crippen LogP contribution is -2.40. The third kappa shape index (κ3) is 4.97. The number of allylic oxidation sites excluding steroid dienone is 1. The Morgan fingerprint density at radius 3 is 2.53 bits per heavy atom. The molecule has 2 N–H and O–H groups in total. The van der Waals surface area contributed by atoms with Gasteiger partial charge in [-0.05, 0) is 72.9 Å². The first-order valence-corrected chi connectivity index (χ1v) is 11.3. The molecule has 1 aliphatic heterocycles. The van der Waals surface area contributed by atoms with Crippen molar-refractivity contribution >= 4 is 40.5 Å². The van der Waals surface area contributed by atoms with Crippen LogP contribution >= 0.6 is 23.2 Å². The fourth-order valence-corrected chi connectivity index (χ4v) is 4.65. The summed E-state index contributed by atoms with van der Waals surface area (Å²) in [4.78, 5) is 6.91. The lowest BCUT2D eigenvalue weighted by molar-refractivity contribution is 0.501. The molecule has 0 radical (unpaired) electrons. The number of nitrogens with two attached hydrogens (primary N) is 1. The van der Waals surface area contributed by atoms with Crippen LogP contribution in [-0.4, -0.2) is 24.1 Å². The molecular weight excluding hydrogens is 439 g/mol. The molecule has 32 heavy (non-hydrogen) atoms. The Morgan fingerprint density at radius 1 is 1.12 bits per heavy atom. The van der Waals surface area contributed by atoms with Crippen LogP contribution in [0, 0.1) is 11.3 Å². The van der Waals surface area contributed by atoms with Gasteiger partial charge in [0.05, 0.1) is 17.3 Å². The number of halogens is 2. The van der Waals surface area contributed by atoms with Gasteiger partial charge in [0.15, 0.2) is 0 Å². The summed E-state index contributed by atoms with van der Waals surface area (Å²) in [5.74, 6) is 0. The van der Waals surface area contributed by atoms with Gasteiger partial charge in [-0.15, -0.1) is 0 Å². The molecule has 2 heterocycles. The number of anilines is 1. The largest absolute Gasteiger partial charge is 0.370 e. The third-order valence-corrected chi connectivity index (χ3v) is 6.23. The summed E-state index contributed by atoms with van der Waals surface area (Å²) in [7, 11) is 0. The van der Waals surface area contributed by atoms with Crippen LogP contribution < -0.4 is 10.6 Å². The van der Waals surface area contributed by atoms with Crippen molar-refractivity contribution in [3.05, 3.63) is 81.6 Å². The summed E-state index contributed by atoms with van der Waals surface area (Å²) in [5, 5.41) is 10.4. The number of nitriles is 1. The molecule has 0 bridgehead atoms. The van der Waals surface area contributed by atoms with E-state index in [1.54, 1.807) is 6.07 Å². The van der Waals surface area contributed by atoms with Crippen LogP contribution in [0.2, 0.25) is 10.0 Å². The number of nitrogens with zero attached hydrogens (tertiary/aromatic N) is 3. The SMILES string of the molecule is C/C(=C\c1cncc(-c2cc(Cl)cc(Cl)c2)c1N1CCC(N)CC1)c1cccc(C#N)c1. The van der Waals surface area contributed by atoms with Gasteiger partial charge in [0.2, 0.25) is 0 Å². The smallest absolute Gasteiger partial charge is 0.0991 e. The van der Waals surface area contributed by atoms with Gasteiger partial charge in [-0.1, -0.05) is 35.3 Å². The number of rotatable bonds is 4. The maximum Gasteiger partial charge on any atom is 0.0991 e. The topological polar surface area (TPSA) is 65.9 Å². The summed E-state index contributed by atoms with van der Waals surface area (Å²) >= 11 is 12.6. The van der Waals surface area contributed by atoms with E-state index >= 15 is 0 Å². The van der Waals surface area contributed by atoms with E-state index in [0.717, 1.165) is 59.4 Å². The molecule has 0 unspecified atom stereocenters. The molecule has 4 nitrogen and oxygen atoms in total.